The van der Waals surface area contributed by atoms with Crippen LogP contribution >= 0.6 is 0 Å². The molecule has 0 atom stereocenters. The zero-order valence-electron chi connectivity index (χ0n) is 15.2. The van der Waals surface area contributed by atoms with Crippen molar-refractivity contribution in [3.05, 3.63) is 89.8 Å². The van der Waals surface area contributed by atoms with Crippen LogP contribution in [0.5, 0.6) is 5.75 Å². The number of aromatic nitrogens is 1. The summed E-state index contributed by atoms with van der Waals surface area (Å²) in [5.41, 5.74) is 1.20. The van der Waals surface area contributed by atoms with Gasteiger partial charge in [0.2, 0.25) is 0 Å². The van der Waals surface area contributed by atoms with E-state index in [2.05, 4.69) is 15.6 Å². The summed E-state index contributed by atoms with van der Waals surface area (Å²) >= 11 is 0. The molecule has 2 heterocycles. The Kier molecular flexibility index (Phi) is 6.20. The Bertz CT molecular complexity index is 966. The van der Waals surface area contributed by atoms with Crippen LogP contribution in [-0.4, -0.2) is 23.9 Å². The normalized spacial score (nSPS) is 11.0. The van der Waals surface area contributed by atoms with Gasteiger partial charge >= 0.3 is 0 Å². The molecule has 0 aliphatic rings. The summed E-state index contributed by atoms with van der Waals surface area (Å²) in [5.74, 6) is -0.0738. The molecule has 0 saturated carbocycles. The van der Waals surface area contributed by atoms with Gasteiger partial charge in [0, 0.05) is 25.0 Å². The lowest BCUT2D eigenvalue weighted by molar-refractivity contribution is -0.117. The first kappa shape index (κ1) is 18.9. The maximum Gasteiger partial charge on any atom is 0.268 e. The maximum atomic E-state index is 12.7. The Balaban J connectivity index is 1.79. The van der Waals surface area contributed by atoms with Gasteiger partial charge in [0.05, 0.1) is 18.9 Å². The van der Waals surface area contributed by atoms with E-state index in [0.717, 1.165) is 5.56 Å². The fourth-order valence-corrected chi connectivity index (χ4v) is 2.48. The number of methoxy groups -OCH3 is 1. The highest BCUT2D eigenvalue weighted by molar-refractivity contribution is 6.06. The van der Waals surface area contributed by atoms with Crippen LogP contribution in [0.3, 0.4) is 0 Å². The largest absolute Gasteiger partial charge is 0.496 e. The van der Waals surface area contributed by atoms with Crippen LogP contribution in [0.25, 0.3) is 6.08 Å². The van der Waals surface area contributed by atoms with E-state index in [4.69, 9.17) is 9.15 Å². The molecule has 142 valence electrons. The number of hydrogen-bond acceptors (Lipinski definition) is 5. The molecule has 0 spiro atoms. The number of furan rings is 1. The summed E-state index contributed by atoms with van der Waals surface area (Å²) in [7, 11) is 1.48. The summed E-state index contributed by atoms with van der Waals surface area (Å²) in [4.78, 5) is 29.4. The minimum atomic E-state index is -0.466. The molecule has 0 fully saturated rings. The number of pyridine rings is 1. The molecule has 3 rings (SSSR count). The van der Waals surface area contributed by atoms with Crippen LogP contribution in [-0.2, 0) is 11.3 Å². The number of nitrogens with zero attached hydrogens (tertiary/aromatic N) is 1. The Labute approximate surface area is 162 Å². The number of para-hydroxylation sites is 1. The van der Waals surface area contributed by atoms with Gasteiger partial charge in [-0.25, -0.2) is 0 Å². The summed E-state index contributed by atoms with van der Waals surface area (Å²) < 4.78 is 10.5. The first-order valence-electron chi connectivity index (χ1n) is 8.54. The van der Waals surface area contributed by atoms with E-state index in [1.54, 1.807) is 54.9 Å². The quantitative estimate of drug-likeness (QED) is 0.618. The fraction of sp³-hybridized carbons (Fsp3) is 0.0952. The SMILES string of the molecule is COc1ccccc1C(=O)N/C(=C\c1ccco1)C(=O)NCc1cccnc1. The van der Waals surface area contributed by atoms with Crippen molar-refractivity contribution in [2.24, 2.45) is 0 Å². The highest BCUT2D eigenvalue weighted by atomic mass is 16.5. The molecule has 0 unspecified atom stereocenters. The number of amides is 2. The third-order valence-corrected chi connectivity index (χ3v) is 3.85. The van der Waals surface area contributed by atoms with E-state index in [9.17, 15) is 9.59 Å². The molecular weight excluding hydrogens is 358 g/mol. The predicted molar refractivity (Wildman–Crippen MR) is 103 cm³/mol. The summed E-state index contributed by atoms with van der Waals surface area (Å²) in [6, 6.07) is 13.8. The number of hydrogen-bond donors (Lipinski definition) is 2. The second-order valence-corrected chi connectivity index (χ2v) is 5.77. The molecule has 3 aromatic rings. The van der Waals surface area contributed by atoms with Crippen molar-refractivity contribution in [1.82, 2.24) is 15.6 Å². The Morgan fingerprint density at radius 1 is 1.14 bits per heavy atom. The van der Waals surface area contributed by atoms with Gasteiger partial charge in [-0.05, 0) is 35.9 Å². The predicted octanol–water partition coefficient (Wildman–Crippen LogP) is 2.77. The molecular formula is C21H19N3O4. The van der Waals surface area contributed by atoms with Crippen molar-refractivity contribution in [3.8, 4) is 5.75 Å². The van der Waals surface area contributed by atoms with Crippen LogP contribution < -0.4 is 15.4 Å². The van der Waals surface area contributed by atoms with E-state index in [1.165, 1.54) is 19.4 Å². The second kappa shape index (κ2) is 9.18. The third kappa shape index (κ3) is 4.85. The van der Waals surface area contributed by atoms with E-state index in [0.29, 0.717) is 17.1 Å². The van der Waals surface area contributed by atoms with Crippen LogP contribution in [0, 0.1) is 0 Å². The van der Waals surface area contributed by atoms with Crippen molar-refractivity contribution in [2.45, 2.75) is 6.54 Å². The second-order valence-electron chi connectivity index (χ2n) is 5.77. The number of carbonyl (C=O) groups excluding carboxylic acids is 2. The van der Waals surface area contributed by atoms with Gasteiger partial charge in [-0.1, -0.05) is 18.2 Å². The molecule has 2 amide bonds. The zero-order valence-corrected chi connectivity index (χ0v) is 15.2. The standard InChI is InChI=1S/C21H19N3O4/c1-27-19-9-3-2-8-17(19)20(25)24-18(12-16-7-5-11-28-16)21(26)23-14-15-6-4-10-22-13-15/h2-13H,14H2,1H3,(H,23,26)(H,24,25)/b18-12-. The zero-order chi connectivity index (χ0) is 19.8. The van der Waals surface area contributed by atoms with E-state index >= 15 is 0 Å². The van der Waals surface area contributed by atoms with E-state index < -0.39 is 11.8 Å². The maximum absolute atomic E-state index is 12.7. The first-order valence-corrected chi connectivity index (χ1v) is 8.54. The Morgan fingerprint density at radius 2 is 2.00 bits per heavy atom. The number of benzene rings is 1. The lowest BCUT2D eigenvalue weighted by Crippen LogP contribution is -2.34. The molecule has 0 aliphatic heterocycles. The van der Waals surface area contributed by atoms with Gasteiger partial charge < -0.3 is 19.8 Å². The lowest BCUT2D eigenvalue weighted by Gasteiger charge is -2.12. The molecule has 2 N–H and O–H groups in total. The molecule has 2 aromatic heterocycles. The van der Waals surface area contributed by atoms with Crippen molar-refractivity contribution >= 4 is 17.9 Å². The van der Waals surface area contributed by atoms with Crippen LogP contribution in [0.2, 0.25) is 0 Å². The van der Waals surface area contributed by atoms with Crippen molar-refractivity contribution in [2.75, 3.05) is 7.11 Å². The average molecular weight is 377 g/mol. The average Bonchev–Trinajstić information content (AvgIpc) is 3.25. The molecule has 28 heavy (non-hydrogen) atoms. The summed E-state index contributed by atoms with van der Waals surface area (Å²) in [5, 5.41) is 5.40. The van der Waals surface area contributed by atoms with Gasteiger partial charge in [-0.3, -0.25) is 14.6 Å². The van der Waals surface area contributed by atoms with Crippen LogP contribution in [0.15, 0.2) is 77.3 Å². The number of ether oxygens (including phenoxy) is 1. The highest BCUT2D eigenvalue weighted by Gasteiger charge is 2.17. The van der Waals surface area contributed by atoms with Gasteiger partial charge in [0.15, 0.2) is 0 Å². The molecule has 1 aromatic carbocycles. The molecule has 0 bridgehead atoms. The smallest absolute Gasteiger partial charge is 0.268 e. The van der Waals surface area contributed by atoms with E-state index in [-0.39, 0.29) is 12.2 Å². The van der Waals surface area contributed by atoms with E-state index in [1.807, 2.05) is 6.07 Å². The number of carbonyl (C=O) groups is 2. The minimum absolute atomic E-state index is 0.0507. The first-order chi connectivity index (χ1) is 13.7. The van der Waals surface area contributed by atoms with Crippen molar-refractivity contribution in [3.63, 3.8) is 0 Å². The molecule has 7 heteroatoms. The Hall–Kier alpha value is -3.87. The van der Waals surface area contributed by atoms with Gasteiger partial charge in [0.25, 0.3) is 11.8 Å². The van der Waals surface area contributed by atoms with Crippen molar-refractivity contribution in [1.29, 1.82) is 0 Å². The van der Waals surface area contributed by atoms with Gasteiger partial charge in [-0.15, -0.1) is 0 Å². The minimum Gasteiger partial charge on any atom is -0.496 e. The number of rotatable bonds is 7. The topological polar surface area (TPSA) is 93.5 Å². The fourth-order valence-electron chi connectivity index (χ4n) is 2.48. The molecule has 0 saturated heterocycles. The van der Waals surface area contributed by atoms with Gasteiger partial charge in [-0.2, -0.15) is 0 Å². The molecule has 0 aliphatic carbocycles. The molecule has 0 radical (unpaired) electrons. The van der Waals surface area contributed by atoms with Crippen LogP contribution in [0.1, 0.15) is 21.7 Å². The van der Waals surface area contributed by atoms with Crippen molar-refractivity contribution < 1.29 is 18.7 Å². The third-order valence-electron chi connectivity index (χ3n) is 3.85. The monoisotopic (exact) mass is 377 g/mol. The lowest BCUT2D eigenvalue weighted by atomic mass is 10.1. The summed E-state index contributed by atoms with van der Waals surface area (Å²) in [6.07, 6.45) is 6.26. The highest BCUT2D eigenvalue weighted by Crippen LogP contribution is 2.17. The Morgan fingerprint density at radius 3 is 2.71 bits per heavy atom. The van der Waals surface area contributed by atoms with Gasteiger partial charge in [0.1, 0.15) is 17.2 Å². The number of nitrogens with one attached hydrogen (secondary N) is 2. The summed E-state index contributed by atoms with van der Waals surface area (Å²) in [6.45, 7) is 0.271. The molecule has 7 nitrogen and oxygen atoms in total. The van der Waals surface area contributed by atoms with Crippen LogP contribution in [0.4, 0.5) is 0 Å².